The second kappa shape index (κ2) is 15.7. The Morgan fingerprint density at radius 3 is 2.29 bits per heavy atom. The van der Waals surface area contributed by atoms with Crippen molar-refractivity contribution in [1.82, 2.24) is 14.5 Å². The van der Waals surface area contributed by atoms with Gasteiger partial charge in [-0.3, -0.25) is 9.37 Å². The number of hydrogen-bond donors (Lipinski definition) is 0. The van der Waals surface area contributed by atoms with E-state index in [0.29, 0.717) is 17.3 Å². The molecule has 6 aromatic carbocycles. The number of fused-ring (bicyclic) bond motifs is 5. The largest absolute Gasteiger partial charge is 0.497 e. The average Bonchev–Trinajstić information content (AvgIpc) is 3.75. The normalized spacial score (nSPS) is 11.7. The van der Waals surface area contributed by atoms with E-state index in [1.54, 1.807) is 0 Å². The molecule has 3 heterocycles. The van der Waals surface area contributed by atoms with Gasteiger partial charge in [-0.1, -0.05) is 93.1 Å². The van der Waals surface area contributed by atoms with Gasteiger partial charge in [0.2, 0.25) is 0 Å². The number of benzene rings is 6. The summed E-state index contributed by atoms with van der Waals surface area (Å²) in [5.74, 6) is -1.27. The summed E-state index contributed by atoms with van der Waals surface area (Å²) in [6.45, 7) is 11.7. The van der Waals surface area contributed by atoms with Crippen LogP contribution in [0.5, 0.6) is 0 Å². The first kappa shape index (κ1) is 38.9. The number of nitrogens with zero attached hydrogens (tertiary/aromatic N) is 3. The monoisotopic (exact) mass is 938 g/mol. The van der Waals surface area contributed by atoms with Gasteiger partial charge in [0.1, 0.15) is 5.82 Å². The summed E-state index contributed by atoms with van der Waals surface area (Å²) in [4.78, 5) is 9.50. The van der Waals surface area contributed by atoms with E-state index in [-0.39, 0.29) is 42.0 Å². The molecule has 0 aliphatic carbocycles. The van der Waals surface area contributed by atoms with E-state index in [4.69, 9.17) is 9.40 Å². The summed E-state index contributed by atoms with van der Waals surface area (Å²) in [6, 6.07) is 41.2. The summed E-state index contributed by atoms with van der Waals surface area (Å²) in [6.07, 6.45) is 3.24. The summed E-state index contributed by atoms with van der Waals surface area (Å²) in [5, 5.41) is 3.64. The Balaban J connectivity index is 0.000000197. The van der Waals surface area contributed by atoms with Crippen molar-refractivity contribution in [3.63, 3.8) is 0 Å². The number of para-hydroxylation sites is 2. The molecule has 1 radical (unpaired) electrons. The van der Waals surface area contributed by atoms with Crippen molar-refractivity contribution in [2.75, 3.05) is 0 Å². The van der Waals surface area contributed by atoms with Crippen LogP contribution in [0, 0.1) is 35.5 Å². The molecule has 283 valence electrons. The standard InChI is InChI=1S/C29H14F3N2O.C18H24NSi.Ir/c30-18-14-21-26-22(31)12-11-20(28(26)35-27(21)23(32)15-18)29-33-24-7-3-4-8-25(24)34(29)19-10-9-16-5-1-2-6-17(16)13-19;1-14(2)11-16-12-17(15-9-7-6-8-10-15)19-13-18(16)20(3,4)5;/h1-10,12-15H;6-9,12-14H,11H2,1-5H3;/q2*-1;. The average molecular weight is 938 g/mol. The van der Waals surface area contributed by atoms with Gasteiger partial charge in [0, 0.05) is 49.3 Å². The fourth-order valence-electron chi connectivity index (χ4n) is 7.23. The fraction of sp³-hybridized carbons (Fsp3) is 0.149. The number of pyridine rings is 1. The Kier molecular flexibility index (Phi) is 10.9. The first-order chi connectivity index (χ1) is 26.5. The van der Waals surface area contributed by atoms with Crippen LogP contribution < -0.4 is 5.19 Å². The predicted molar refractivity (Wildman–Crippen MR) is 220 cm³/mol. The quantitative estimate of drug-likeness (QED) is 0.123. The van der Waals surface area contributed by atoms with Crippen LogP contribution in [0.25, 0.3) is 72.1 Å². The Bertz CT molecular complexity index is 2860. The summed E-state index contributed by atoms with van der Waals surface area (Å²) < 4.78 is 51.2. The number of furan rings is 1. The number of hydrogen-bond acceptors (Lipinski definition) is 3. The van der Waals surface area contributed by atoms with Crippen molar-refractivity contribution in [3.8, 4) is 28.3 Å². The zero-order valence-corrected chi connectivity index (χ0v) is 34.9. The third-order valence-corrected chi connectivity index (χ3v) is 11.8. The fourth-order valence-corrected chi connectivity index (χ4v) is 8.82. The van der Waals surface area contributed by atoms with Crippen LogP contribution in [-0.2, 0) is 26.5 Å². The molecule has 0 aliphatic rings. The first-order valence-corrected chi connectivity index (χ1v) is 21.8. The van der Waals surface area contributed by atoms with Gasteiger partial charge in [-0.05, 0) is 69.7 Å². The Morgan fingerprint density at radius 1 is 0.786 bits per heavy atom. The second-order valence-electron chi connectivity index (χ2n) is 15.2. The molecule has 0 aliphatic heterocycles. The minimum absolute atomic E-state index is 0. The number of aromatic nitrogens is 3. The van der Waals surface area contributed by atoms with E-state index in [0.717, 1.165) is 63.4 Å². The molecule has 0 saturated carbocycles. The molecule has 0 unspecified atom stereocenters. The van der Waals surface area contributed by atoms with Crippen molar-refractivity contribution in [2.45, 2.75) is 39.9 Å². The van der Waals surface area contributed by atoms with E-state index in [1.165, 1.54) is 10.8 Å². The maximum absolute atomic E-state index is 14.9. The van der Waals surface area contributed by atoms with Gasteiger partial charge < -0.3 is 14.0 Å². The van der Waals surface area contributed by atoms with Crippen molar-refractivity contribution < 1.29 is 37.7 Å². The molecule has 0 atom stereocenters. The number of halogens is 3. The van der Waals surface area contributed by atoms with E-state index < -0.39 is 25.5 Å². The van der Waals surface area contributed by atoms with Crippen molar-refractivity contribution in [3.05, 3.63) is 157 Å². The molecule has 0 spiro atoms. The van der Waals surface area contributed by atoms with Crippen LogP contribution in [0.3, 0.4) is 0 Å². The van der Waals surface area contributed by atoms with Gasteiger partial charge in [0.15, 0.2) is 11.4 Å². The molecule has 56 heavy (non-hydrogen) atoms. The zero-order chi connectivity index (χ0) is 38.4. The molecule has 0 bridgehead atoms. The van der Waals surface area contributed by atoms with E-state index in [1.807, 2.05) is 89.5 Å². The molecular weight excluding hydrogens is 900 g/mol. The third kappa shape index (κ3) is 7.47. The second-order valence-corrected chi connectivity index (χ2v) is 20.3. The molecule has 0 amide bonds. The zero-order valence-electron chi connectivity index (χ0n) is 31.5. The van der Waals surface area contributed by atoms with Crippen LogP contribution >= 0.6 is 0 Å². The van der Waals surface area contributed by atoms with Crippen LogP contribution in [0.1, 0.15) is 19.4 Å². The third-order valence-electron chi connectivity index (χ3n) is 9.70. The molecule has 0 saturated heterocycles. The molecule has 9 rings (SSSR count). The molecule has 9 heteroatoms. The van der Waals surface area contributed by atoms with Crippen molar-refractivity contribution in [2.24, 2.45) is 5.92 Å². The van der Waals surface area contributed by atoms with Gasteiger partial charge in [0.05, 0.1) is 30.5 Å². The summed E-state index contributed by atoms with van der Waals surface area (Å²) in [5.41, 5.74) is 6.18. The van der Waals surface area contributed by atoms with Gasteiger partial charge >= 0.3 is 0 Å². The van der Waals surface area contributed by atoms with E-state index in [9.17, 15) is 13.2 Å². The summed E-state index contributed by atoms with van der Waals surface area (Å²) in [7, 11) is -1.34. The minimum Gasteiger partial charge on any atom is -0.497 e. The minimum atomic E-state index is -1.34. The van der Waals surface area contributed by atoms with Crippen LogP contribution in [0.2, 0.25) is 19.6 Å². The Labute approximate surface area is 338 Å². The van der Waals surface area contributed by atoms with Gasteiger partial charge in [-0.2, -0.15) is 0 Å². The van der Waals surface area contributed by atoms with Crippen LogP contribution in [0.15, 0.2) is 126 Å². The molecule has 4 nitrogen and oxygen atoms in total. The molecule has 3 aromatic heterocycles. The van der Waals surface area contributed by atoms with Gasteiger partial charge in [-0.15, -0.1) is 48.0 Å². The van der Waals surface area contributed by atoms with Crippen LogP contribution in [0.4, 0.5) is 13.2 Å². The smallest absolute Gasteiger partial charge is 0.168 e. The first-order valence-electron chi connectivity index (χ1n) is 18.3. The van der Waals surface area contributed by atoms with E-state index in [2.05, 4.69) is 68.9 Å². The molecule has 9 aromatic rings. The number of rotatable bonds is 6. The molecule has 0 N–H and O–H groups in total. The topological polar surface area (TPSA) is 43.9 Å². The van der Waals surface area contributed by atoms with E-state index >= 15 is 0 Å². The maximum atomic E-state index is 14.9. The predicted octanol–water partition coefficient (Wildman–Crippen LogP) is 12.3. The van der Waals surface area contributed by atoms with Crippen molar-refractivity contribution in [1.29, 1.82) is 0 Å². The number of imidazole rings is 1. The molecular formula is C47H38F3IrN3OSi-2. The van der Waals surface area contributed by atoms with Crippen molar-refractivity contribution >= 4 is 57.0 Å². The molecule has 0 fully saturated rings. The Hall–Kier alpha value is -5.34. The van der Waals surface area contributed by atoms with Crippen LogP contribution in [-0.4, -0.2) is 22.6 Å². The van der Waals surface area contributed by atoms with Gasteiger partial charge in [0.25, 0.3) is 0 Å². The Morgan fingerprint density at radius 2 is 1.54 bits per heavy atom. The van der Waals surface area contributed by atoms with Gasteiger partial charge in [-0.25, -0.2) is 8.78 Å². The summed E-state index contributed by atoms with van der Waals surface area (Å²) >= 11 is 0. The SMILES string of the molecule is CC(C)Cc1cc(-c2[c-]cccc2)ncc1[Si](C)(C)C.Fc1cc(F)c2oc3c(-c4nc5ccccc5n4-c4ccc5ccccc5c4)[c-]cc(F)c3c2c1.[Ir]. The maximum Gasteiger partial charge on any atom is 0.168 e.